The number of hydrogen-bond acceptors (Lipinski definition) is 5. The highest BCUT2D eigenvalue weighted by atomic mass is 32.2. The van der Waals surface area contributed by atoms with Gasteiger partial charge in [-0.1, -0.05) is 29.8 Å². The maximum atomic E-state index is 12.3. The van der Waals surface area contributed by atoms with E-state index in [2.05, 4.69) is 14.6 Å². The average Bonchev–Trinajstić information content (AvgIpc) is 3.07. The van der Waals surface area contributed by atoms with Crippen molar-refractivity contribution in [1.82, 2.24) is 9.71 Å². The largest absolute Gasteiger partial charge is 0.346 e. The number of aryl methyl sites for hydroxylation is 1. The molecule has 0 saturated carbocycles. The fraction of sp³-hybridized carbons (Fsp3) is 0.400. The van der Waals surface area contributed by atoms with E-state index in [0.29, 0.717) is 6.54 Å². The van der Waals surface area contributed by atoms with Crippen LogP contribution in [0.25, 0.3) is 0 Å². The summed E-state index contributed by atoms with van der Waals surface area (Å²) in [5, 5.41) is 2.89. The summed E-state index contributed by atoms with van der Waals surface area (Å²) in [7, 11) is -3.32. The fourth-order valence-electron chi connectivity index (χ4n) is 2.72. The van der Waals surface area contributed by atoms with Crippen LogP contribution in [0, 0.1) is 6.92 Å². The van der Waals surface area contributed by atoms with E-state index in [1.54, 1.807) is 17.5 Å². The molecule has 0 unspecified atom stereocenters. The summed E-state index contributed by atoms with van der Waals surface area (Å²) >= 11 is 1.58. The molecule has 2 aromatic rings. The summed E-state index contributed by atoms with van der Waals surface area (Å²) in [5.74, 6) is 0.0302. The summed E-state index contributed by atoms with van der Waals surface area (Å²) in [5.41, 5.74) is 1.89. The van der Waals surface area contributed by atoms with E-state index in [1.165, 1.54) is 0 Å². The molecule has 1 N–H and O–H groups in total. The lowest BCUT2D eigenvalue weighted by atomic mass is 10.2. The summed E-state index contributed by atoms with van der Waals surface area (Å²) in [6.07, 6.45) is 2.59. The SMILES string of the molecule is Cc1cccc(CS(=O)(=O)N[C@@H]2CCN(c3nccs3)C2)c1. The zero-order valence-corrected chi connectivity index (χ0v) is 14.0. The number of aromatic nitrogens is 1. The first-order chi connectivity index (χ1) is 10.5. The van der Waals surface area contributed by atoms with E-state index in [-0.39, 0.29) is 11.8 Å². The maximum absolute atomic E-state index is 12.3. The molecule has 0 bridgehead atoms. The van der Waals surface area contributed by atoms with Crippen molar-refractivity contribution in [1.29, 1.82) is 0 Å². The Balaban J connectivity index is 1.60. The second-order valence-electron chi connectivity index (χ2n) is 5.61. The van der Waals surface area contributed by atoms with Gasteiger partial charge in [0.25, 0.3) is 0 Å². The lowest BCUT2D eigenvalue weighted by Crippen LogP contribution is -2.37. The van der Waals surface area contributed by atoms with Gasteiger partial charge in [0.1, 0.15) is 0 Å². The van der Waals surface area contributed by atoms with Crippen LogP contribution in [0.3, 0.4) is 0 Å². The molecule has 22 heavy (non-hydrogen) atoms. The van der Waals surface area contributed by atoms with Gasteiger partial charge in [-0.15, -0.1) is 11.3 Å². The van der Waals surface area contributed by atoms with E-state index in [1.807, 2.05) is 36.6 Å². The first kappa shape index (κ1) is 15.5. The molecule has 2 heterocycles. The zero-order valence-electron chi connectivity index (χ0n) is 12.4. The molecule has 1 aliphatic rings. The topological polar surface area (TPSA) is 62.3 Å². The highest BCUT2D eigenvalue weighted by Gasteiger charge is 2.27. The molecule has 3 rings (SSSR count). The van der Waals surface area contributed by atoms with Crippen LogP contribution < -0.4 is 9.62 Å². The Labute approximate surface area is 135 Å². The lowest BCUT2D eigenvalue weighted by Gasteiger charge is -2.16. The lowest BCUT2D eigenvalue weighted by molar-refractivity contribution is 0.560. The van der Waals surface area contributed by atoms with Crippen molar-refractivity contribution in [3.63, 3.8) is 0 Å². The molecule has 5 nitrogen and oxygen atoms in total. The number of nitrogens with zero attached hydrogens (tertiary/aromatic N) is 2. The van der Waals surface area contributed by atoms with Crippen molar-refractivity contribution >= 4 is 26.5 Å². The van der Waals surface area contributed by atoms with Gasteiger partial charge >= 0.3 is 0 Å². The van der Waals surface area contributed by atoms with E-state index < -0.39 is 10.0 Å². The molecule has 1 fully saturated rings. The average molecular weight is 337 g/mol. The Kier molecular flexibility index (Phi) is 4.46. The maximum Gasteiger partial charge on any atom is 0.216 e. The van der Waals surface area contributed by atoms with Gasteiger partial charge in [-0.05, 0) is 18.9 Å². The van der Waals surface area contributed by atoms with Crippen LogP contribution in [0.4, 0.5) is 5.13 Å². The third-order valence-electron chi connectivity index (χ3n) is 3.66. The second-order valence-corrected chi connectivity index (χ2v) is 8.24. The number of nitrogens with one attached hydrogen (secondary N) is 1. The normalized spacial score (nSPS) is 18.8. The molecule has 0 spiro atoms. The number of hydrogen-bond donors (Lipinski definition) is 1. The quantitative estimate of drug-likeness (QED) is 0.908. The van der Waals surface area contributed by atoms with Crippen LogP contribution in [0.5, 0.6) is 0 Å². The molecule has 7 heteroatoms. The van der Waals surface area contributed by atoms with Crippen LogP contribution in [-0.2, 0) is 15.8 Å². The van der Waals surface area contributed by atoms with Crippen molar-refractivity contribution in [2.24, 2.45) is 0 Å². The number of thiazole rings is 1. The molecule has 0 aliphatic carbocycles. The first-order valence-corrected chi connectivity index (χ1v) is 9.75. The van der Waals surface area contributed by atoms with Gasteiger partial charge in [0.2, 0.25) is 10.0 Å². The van der Waals surface area contributed by atoms with Gasteiger partial charge in [-0.25, -0.2) is 18.1 Å². The van der Waals surface area contributed by atoms with Crippen LogP contribution in [0.1, 0.15) is 17.5 Å². The number of benzene rings is 1. The van der Waals surface area contributed by atoms with Crippen molar-refractivity contribution < 1.29 is 8.42 Å². The first-order valence-electron chi connectivity index (χ1n) is 7.22. The molecular formula is C15H19N3O2S2. The predicted octanol–water partition coefficient (Wildman–Crippen LogP) is 2.15. The van der Waals surface area contributed by atoms with Gasteiger partial charge in [0.05, 0.1) is 5.75 Å². The summed E-state index contributed by atoms with van der Waals surface area (Å²) < 4.78 is 27.5. The van der Waals surface area contributed by atoms with E-state index >= 15 is 0 Å². The van der Waals surface area contributed by atoms with Gasteiger partial charge in [0, 0.05) is 30.7 Å². The Bertz CT molecular complexity index is 729. The third kappa shape index (κ3) is 3.85. The minimum atomic E-state index is -3.32. The Morgan fingerprint density at radius 2 is 2.32 bits per heavy atom. The summed E-state index contributed by atoms with van der Waals surface area (Å²) in [6.45, 7) is 3.48. The van der Waals surface area contributed by atoms with Crippen molar-refractivity contribution in [2.45, 2.75) is 25.1 Å². The molecule has 1 aromatic carbocycles. The van der Waals surface area contributed by atoms with Gasteiger partial charge in [0.15, 0.2) is 5.13 Å². The zero-order chi connectivity index (χ0) is 15.6. The molecule has 1 saturated heterocycles. The predicted molar refractivity (Wildman–Crippen MR) is 89.7 cm³/mol. The Morgan fingerprint density at radius 1 is 1.45 bits per heavy atom. The molecule has 1 atom stereocenters. The fourth-order valence-corrected chi connectivity index (χ4v) is 4.80. The smallest absolute Gasteiger partial charge is 0.216 e. The van der Waals surface area contributed by atoms with Gasteiger partial charge < -0.3 is 4.90 Å². The van der Waals surface area contributed by atoms with Crippen molar-refractivity contribution in [3.8, 4) is 0 Å². The van der Waals surface area contributed by atoms with E-state index in [0.717, 1.165) is 29.2 Å². The minimum Gasteiger partial charge on any atom is -0.346 e. The van der Waals surface area contributed by atoms with Gasteiger partial charge in [-0.2, -0.15) is 0 Å². The third-order valence-corrected chi connectivity index (χ3v) is 5.90. The molecule has 118 valence electrons. The van der Waals surface area contributed by atoms with Gasteiger partial charge in [-0.3, -0.25) is 0 Å². The summed E-state index contributed by atoms with van der Waals surface area (Å²) in [6, 6.07) is 7.57. The summed E-state index contributed by atoms with van der Waals surface area (Å²) in [4.78, 5) is 6.40. The highest BCUT2D eigenvalue weighted by molar-refractivity contribution is 7.88. The number of rotatable bonds is 5. The van der Waals surface area contributed by atoms with Crippen LogP contribution >= 0.6 is 11.3 Å². The molecule has 1 aliphatic heterocycles. The molecular weight excluding hydrogens is 318 g/mol. The number of sulfonamides is 1. The number of anilines is 1. The molecule has 1 aromatic heterocycles. The van der Waals surface area contributed by atoms with Crippen LogP contribution in [0.15, 0.2) is 35.8 Å². The van der Waals surface area contributed by atoms with Crippen molar-refractivity contribution in [2.75, 3.05) is 18.0 Å². The Morgan fingerprint density at radius 3 is 3.05 bits per heavy atom. The van der Waals surface area contributed by atoms with E-state index in [4.69, 9.17) is 0 Å². The van der Waals surface area contributed by atoms with Crippen LogP contribution in [-0.4, -0.2) is 32.5 Å². The highest BCUT2D eigenvalue weighted by Crippen LogP contribution is 2.22. The van der Waals surface area contributed by atoms with E-state index in [9.17, 15) is 8.42 Å². The molecule has 0 amide bonds. The Hall–Kier alpha value is -1.44. The molecule has 0 radical (unpaired) electrons. The minimum absolute atomic E-state index is 0.0302. The second kappa shape index (κ2) is 6.36. The van der Waals surface area contributed by atoms with Crippen LogP contribution in [0.2, 0.25) is 0 Å². The van der Waals surface area contributed by atoms with Crippen molar-refractivity contribution in [3.05, 3.63) is 47.0 Å². The monoisotopic (exact) mass is 337 g/mol. The standard InChI is InChI=1S/C15H19N3O2S2/c1-12-3-2-4-13(9-12)11-22(19,20)17-14-5-7-18(10-14)15-16-6-8-21-15/h2-4,6,8-9,14,17H,5,7,10-11H2,1H3/t14-/m1/s1.